The van der Waals surface area contributed by atoms with Gasteiger partial charge in [0, 0.05) is 23.3 Å². The van der Waals surface area contributed by atoms with E-state index in [0.29, 0.717) is 11.0 Å². The van der Waals surface area contributed by atoms with Crippen molar-refractivity contribution in [3.8, 4) is 5.75 Å². The van der Waals surface area contributed by atoms with Gasteiger partial charge in [-0.05, 0) is 17.7 Å². The summed E-state index contributed by atoms with van der Waals surface area (Å²) in [6.07, 6.45) is 0. The SMILES string of the molecule is COC(=O)[C@@H]1CSC(=S)N1CC(C)SCc1ccc(OC)cc1. The summed E-state index contributed by atoms with van der Waals surface area (Å²) in [5, 5.41) is 0.362. The van der Waals surface area contributed by atoms with Crippen LogP contribution in [0.15, 0.2) is 24.3 Å². The van der Waals surface area contributed by atoms with Crippen molar-refractivity contribution in [2.75, 3.05) is 26.5 Å². The minimum absolute atomic E-state index is 0.204. The average Bonchev–Trinajstić information content (AvgIpc) is 2.93. The number of carbonyl (C=O) groups is 1. The molecule has 0 bridgehead atoms. The highest BCUT2D eigenvalue weighted by atomic mass is 32.2. The van der Waals surface area contributed by atoms with Gasteiger partial charge >= 0.3 is 5.97 Å². The highest BCUT2D eigenvalue weighted by molar-refractivity contribution is 8.23. The number of thiocarbonyl (C=S) groups is 1. The molecule has 0 radical (unpaired) electrons. The predicted molar refractivity (Wildman–Crippen MR) is 101 cm³/mol. The fourth-order valence-corrected chi connectivity index (χ4v) is 4.60. The Balaban J connectivity index is 1.86. The van der Waals surface area contributed by atoms with Gasteiger partial charge in [0.15, 0.2) is 0 Å². The molecule has 2 rings (SSSR count). The van der Waals surface area contributed by atoms with Gasteiger partial charge in [0.2, 0.25) is 0 Å². The molecular weight excluding hydrogens is 350 g/mol. The van der Waals surface area contributed by atoms with Gasteiger partial charge in [-0.25, -0.2) is 4.79 Å². The number of esters is 1. The molecule has 1 heterocycles. The Hall–Kier alpha value is -0.920. The predicted octanol–water partition coefficient (Wildman–Crippen LogP) is 3.19. The molecule has 0 amide bonds. The molecule has 0 aliphatic carbocycles. The van der Waals surface area contributed by atoms with Crippen LogP contribution < -0.4 is 4.74 Å². The van der Waals surface area contributed by atoms with Crippen LogP contribution in [-0.4, -0.2) is 53.0 Å². The molecule has 7 heteroatoms. The Labute approximate surface area is 151 Å². The lowest BCUT2D eigenvalue weighted by atomic mass is 10.2. The zero-order chi connectivity index (χ0) is 16.8. The van der Waals surface area contributed by atoms with E-state index >= 15 is 0 Å². The van der Waals surface area contributed by atoms with E-state index in [9.17, 15) is 4.79 Å². The van der Waals surface area contributed by atoms with Crippen molar-refractivity contribution in [1.82, 2.24) is 4.90 Å². The monoisotopic (exact) mass is 371 g/mol. The first-order valence-electron chi connectivity index (χ1n) is 7.31. The molecule has 1 saturated heterocycles. The fourth-order valence-electron chi connectivity index (χ4n) is 2.27. The van der Waals surface area contributed by atoms with Crippen molar-refractivity contribution in [2.45, 2.75) is 24.0 Å². The van der Waals surface area contributed by atoms with Crippen LogP contribution in [0.1, 0.15) is 12.5 Å². The molecule has 23 heavy (non-hydrogen) atoms. The molecule has 126 valence electrons. The molecule has 1 unspecified atom stereocenters. The topological polar surface area (TPSA) is 38.8 Å². The van der Waals surface area contributed by atoms with E-state index in [2.05, 4.69) is 19.1 Å². The average molecular weight is 372 g/mol. The fraction of sp³-hybridized carbons (Fsp3) is 0.500. The maximum atomic E-state index is 11.8. The van der Waals surface area contributed by atoms with Gasteiger partial charge in [-0.2, -0.15) is 11.8 Å². The number of ether oxygens (including phenoxy) is 2. The second-order valence-corrected chi connectivity index (χ2v) is 8.32. The van der Waals surface area contributed by atoms with E-state index in [1.165, 1.54) is 12.7 Å². The van der Waals surface area contributed by atoms with Crippen LogP contribution in [0.25, 0.3) is 0 Å². The Bertz CT molecular complexity index is 550. The number of carbonyl (C=O) groups excluding carboxylic acids is 1. The molecular formula is C16H21NO3S3. The van der Waals surface area contributed by atoms with Crippen LogP contribution in [0.5, 0.6) is 5.75 Å². The lowest BCUT2D eigenvalue weighted by molar-refractivity contribution is -0.144. The van der Waals surface area contributed by atoms with Crippen molar-refractivity contribution in [2.24, 2.45) is 0 Å². The van der Waals surface area contributed by atoms with Crippen LogP contribution in [0.4, 0.5) is 0 Å². The van der Waals surface area contributed by atoms with Crippen molar-refractivity contribution >= 4 is 46.0 Å². The lowest BCUT2D eigenvalue weighted by Crippen LogP contribution is -2.42. The summed E-state index contributed by atoms with van der Waals surface area (Å²) in [5.74, 6) is 2.26. The Morgan fingerprint density at radius 2 is 2.13 bits per heavy atom. The number of methoxy groups -OCH3 is 2. The number of rotatable bonds is 7. The second kappa shape index (κ2) is 8.80. The summed E-state index contributed by atoms with van der Waals surface area (Å²) in [6, 6.07) is 7.85. The third-order valence-corrected chi connectivity index (χ3v) is 6.37. The molecule has 2 atom stereocenters. The van der Waals surface area contributed by atoms with E-state index < -0.39 is 0 Å². The van der Waals surface area contributed by atoms with Gasteiger partial charge in [-0.15, -0.1) is 0 Å². The number of nitrogens with zero attached hydrogens (tertiary/aromatic N) is 1. The summed E-state index contributed by atoms with van der Waals surface area (Å²) in [5.41, 5.74) is 1.26. The molecule has 1 aliphatic heterocycles. The zero-order valence-corrected chi connectivity index (χ0v) is 15.9. The van der Waals surface area contributed by atoms with Gasteiger partial charge in [0.05, 0.1) is 14.2 Å². The maximum absolute atomic E-state index is 11.8. The first-order chi connectivity index (χ1) is 11.0. The minimum atomic E-state index is -0.249. The largest absolute Gasteiger partial charge is 0.497 e. The second-order valence-electron chi connectivity index (χ2n) is 5.24. The molecule has 0 aromatic heterocycles. The van der Waals surface area contributed by atoms with Crippen LogP contribution in [0.2, 0.25) is 0 Å². The van der Waals surface area contributed by atoms with Crippen molar-refractivity contribution < 1.29 is 14.3 Å². The van der Waals surface area contributed by atoms with E-state index in [0.717, 1.165) is 22.4 Å². The number of hydrogen-bond acceptors (Lipinski definition) is 6. The number of thioether (sulfide) groups is 2. The summed E-state index contributed by atoms with van der Waals surface area (Å²) >= 11 is 8.77. The van der Waals surface area contributed by atoms with Gasteiger partial charge in [0.25, 0.3) is 0 Å². The number of benzene rings is 1. The Kier molecular flexibility index (Phi) is 7.05. The summed E-state index contributed by atoms with van der Waals surface area (Å²) in [6.45, 7) is 2.92. The highest BCUT2D eigenvalue weighted by Gasteiger charge is 2.35. The summed E-state index contributed by atoms with van der Waals surface area (Å²) < 4.78 is 10.8. The van der Waals surface area contributed by atoms with Crippen LogP contribution in [0.3, 0.4) is 0 Å². The van der Waals surface area contributed by atoms with E-state index in [1.807, 2.05) is 28.8 Å². The molecule has 4 nitrogen and oxygen atoms in total. The van der Waals surface area contributed by atoms with E-state index in [-0.39, 0.29) is 12.0 Å². The first kappa shape index (κ1) is 18.4. The first-order valence-corrected chi connectivity index (χ1v) is 9.75. The Morgan fingerprint density at radius 3 is 2.74 bits per heavy atom. The molecule has 1 aliphatic rings. The third-order valence-electron chi connectivity index (χ3n) is 3.60. The molecule has 1 aromatic rings. The van der Waals surface area contributed by atoms with Crippen molar-refractivity contribution in [3.05, 3.63) is 29.8 Å². The summed E-state index contributed by atoms with van der Waals surface area (Å²) in [7, 11) is 3.09. The molecule has 0 saturated carbocycles. The minimum Gasteiger partial charge on any atom is -0.497 e. The quantitative estimate of drug-likeness (QED) is 0.538. The molecule has 0 spiro atoms. The normalized spacial score (nSPS) is 18.8. The maximum Gasteiger partial charge on any atom is 0.329 e. The standard InChI is InChI=1S/C16H21NO3S3/c1-11(22-9-12-4-6-13(19-2)7-5-12)8-17-14(15(18)20-3)10-23-16(17)21/h4-7,11,14H,8-10H2,1-3H3/t11?,14-/m0/s1. The highest BCUT2D eigenvalue weighted by Crippen LogP contribution is 2.28. The molecule has 0 N–H and O–H groups in total. The number of hydrogen-bond donors (Lipinski definition) is 0. The van der Waals surface area contributed by atoms with Crippen molar-refractivity contribution in [3.63, 3.8) is 0 Å². The Morgan fingerprint density at radius 1 is 1.43 bits per heavy atom. The van der Waals surface area contributed by atoms with Crippen molar-refractivity contribution in [1.29, 1.82) is 0 Å². The van der Waals surface area contributed by atoms with E-state index in [4.69, 9.17) is 21.7 Å². The van der Waals surface area contributed by atoms with Gasteiger partial charge in [0.1, 0.15) is 16.1 Å². The lowest BCUT2D eigenvalue weighted by Gasteiger charge is -2.26. The van der Waals surface area contributed by atoms with E-state index in [1.54, 1.807) is 18.9 Å². The van der Waals surface area contributed by atoms with Crippen LogP contribution in [-0.2, 0) is 15.3 Å². The zero-order valence-electron chi connectivity index (χ0n) is 13.5. The molecule has 1 fully saturated rings. The molecule has 1 aromatic carbocycles. The smallest absolute Gasteiger partial charge is 0.329 e. The summed E-state index contributed by atoms with van der Waals surface area (Å²) in [4.78, 5) is 13.8. The van der Waals surface area contributed by atoms with Crippen LogP contribution in [0, 0.1) is 0 Å². The van der Waals surface area contributed by atoms with Gasteiger partial charge in [-0.1, -0.05) is 43.0 Å². The van der Waals surface area contributed by atoms with Crippen LogP contribution >= 0.6 is 35.7 Å². The third kappa shape index (κ3) is 5.02. The van der Waals surface area contributed by atoms with Gasteiger partial charge < -0.3 is 14.4 Å². The van der Waals surface area contributed by atoms with Gasteiger partial charge in [-0.3, -0.25) is 0 Å².